The van der Waals surface area contributed by atoms with Crippen molar-refractivity contribution in [2.45, 2.75) is 6.92 Å². The number of benzene rings is 2. The summed E-state index contributed by atoms with van der Waals surface area (Å²) < 4.78 is 0. The van der Waals surface area contributed by atoms with Gasteiger partial charge in [0.1, 0.15) is 10.9 Å². The number of amides is 1. The van der Waals surface area contributed by atoms with Gasteiger partial charge in [0.15, 0.2) is 0 Å². The summed E-state index contributed by atoms with van der Waals surface area (Å²) in [4.78, 5) is 16.3. The van der Waals surface area contributed by atoms with Gasteiger partial charge in [-0.05, 0) is 42.8 Å². The first kappa shape index (κ1) is 16.0. The minimum absolute atomic E-state index is 0.0966. The van der Waals surface area contributed by atoms with Crippen molar-refractivity contribution in [3.8, 4) is 5.75 Å². The van der Waals surface area contributed by atoms with Gasteiger partial charge in [0.05, 0.1) is 11.7 Å². The van der Waals surface area contributed by atoms with E-state index in [4.69, 9.17) is 11.6 Å². The van der Waals surface area contributed by atoms with Crippen LogP contribution in [0.2, 0.25) is 5.15 Å². The average Bonchev–Trinajstić information content (AvgIpc) is 2.57. The summed E-state index contributed by atoms with van der Waals surface area (Å²) in [6, 6.07) is 13.6. The zero-order valence-corrected chi connectivity index (χ0v) is 13.6. The summed E-state index contributed by atoms with van der Waals surface area (Å²) in [5.41, 5.74) is 5.30. The van der Waals surface area contributed by atoms with Crippen LogP contribution in [0.1, 0.15) is 21.5 Å². The molecule has 0 radical (unpaired) electrons. The number of phenolic OH excluding ortho intramolecular Hbond substituents is 1. The smallest absolute Gasteiger partial charge is 0.271 e. The van der Waals surface area contributed by atoms with Crippen LogP contribution in [-0.4, -0.2) is 22.2 Å². The lowest BCUT2D eigenvalue weighted by molar-refractivity contribution is 0.0955. The van der Waals surface area contributed by atoms with E-state index >= 15 is 0 Å². The fourth-order valence-electron chi connectivity index (χ4n) is 2.27. The van der Waals surface area contributed by atoms with E-state index in [2.05, 4.69) is 15.5 Å². The van der Waals surface area contributed by atoms with Gasteiger partial charge in [-0.2, -0.15) is 5.10 Å². The van der Waals surface area contributed by atoms with Gasteiger partial charge in [-0.25, -0.2) is 10.4 Å². The van der Waals surface area contributed by atoms with E-state index in [1.54, 1.807) is 0 Å². The second-order valence-electron chi connectivity index (χ2n) is 5.26. The van der Waals surface area contributed by atoms with Crippen molar-refractivity contribution < 1.29 is 9.90 Å². The number of phenols is 1. The molecule has 3 rings (SSSR count). The van der Waals surface area contributed by atoms with Crippen LogP contribution in [0, 0.1) is 6.92 Å². The molecule has 2 N–H and O–H groups in total. The molecular weight excluding hydrogens is 326 g/mol. The first-order valence-corrected chi connectivity index (χ1v) is 7.61. The summed E-state index contributed by atoms with van der Waals surface area (Å²) in [5.74, 6) is -0.286. The van der Waals surface area contributed by atoms with Gasteiger partial charge in [0.25, 0.3) is 5.91 Å². The molecule has 0 bridgehead atoms. The van der Waals surface area contributed by atoms with Crippen LogP contribution in [0.3, 0.4) is 0 Å². The SMILES string of the molecule is Cc1cccc2cc(/C=N/NC(=O)c3ccc(O)cc3)c(Cl)nc12. The zero-order valence-electron chi connectivity index (χ0n) is 12.8. The quantitative estimate of drug-likeness (QED) is 0.434. The van der Waals surface area contributed by atoms with Crippen molar-refractivity contribution >= 4 is 34.6 Å². The number of hydrogen-bond donors (Lipinski definition) is 2. The van der Waals surface area contributed by atoms with Crippen LogP contribution in [0.5, 0.6) is 5.75 Å². The molecule has 0 atom stereocenters. The fraction of sp³-hybridized carbons (Fsp3) is 0.0556. The van der Waals surface area contributed by atoms with Gasteiger partial charge in [0, 0.05) is 16.5 Å². The molecule has 0 aliphatic heterocycles. The van der Waals surface area contributed by atoms with Crippen molar-refractivity contribution in [2.24, 2.45) is 5.10 Å². The second-order valence-corrected chi connectivity index (χ2v) is 5.62. The number of halogens is 1. The molecule has 1 aromatic heterocycles. The lowest BCUT2D eigenvalue weighted by Crippen LogP contribution is -2.17. The van der Waals surface area contributed by atoms with Crippen molar-refractivity contribution in [1.29, 1.82) is 0 Å². The summed E-state index contributed by atoms with van der Waals surface area (Å²) in [7, 11) is 0. The Morgan fingerprint density at radius 3 is 2.75 bits per heavy atom. The van der Waals surface area contributed by atoms with E-state index in [1.165, 1.54) is 30.5 Å². The number of rotatable bonds is 3. The Bertz CT molecular complexity index is 937. The third-order valence-corrected chi connectivity index (χ3v) is 3.83. The predicted molar refractivity (Wildman–Crippen MR) is 94.7 cm³/mol. The van der Waals surface area contributed by atoms with Gasteiger partial charge in [0.2, 0.25) is 0 Å². The zero-order chi connectivity index (χ0) is 17.1. The average molecular weight is 340 g/mol. The number of fused-ring (bicyclic) bond motifs is 1. The van der Waals surface area contributed by atoms with Gasteiger partial charge >= 0.3 is 0 Å². The summed E-state index contributed by atoms with van der Waals surface area (Å²) in [6.45, 7) is 1.97. The van der Waals surface area contributed by atoms with E-state index in [0.29, 0.717) is 16.3 Å². The van der Waals surface area contributed by atoms with Crippen LogP contribution in [0.25, 0.3) is 10.9 Å². The van der Waals surface area contributed by atoms with Crippen molar-refractivity contribution in [3.63, 3.8) is 0 Å². The number of pyridine rings is 1. The molecule has 0 aliphatic carbocycles. The molecule has 24 heavy (non-hydrogen) atoms. The molecule has 2 aromatic carbocycles. The lowest BCUT2D eigenvalue weighted by Gasteiger charge is -2.04. The van der Waals surface area contributed by atoms with Crippen LogP contribution in [0.15, 0.2) is 53.6 Å². The summed E-state index contributed by atoms with van der Waals surface area (Å²) in [5, 5.41) is 14.4. The number of nitrogens with zero attached hydrogens (tertiary/aromatic N) is 2. The minimum atomic E-state index is -0.382. The normalized spacial score (nSPS) is 11.1. The Morgan fingerprint density at radius 2 is 2.00 bits per heavy atom. The first-order chi connectivity index (χ1) is 11.5. The highest BCUT2D eigenvalue weighted by Gasteiger charge is 2.06. The summed E-state index contributed by atoms with van der Waals surface area (Å²) >= 11 is 6.18. The van der Waals surface area contributed by atoms with Gasteiger partial charge in [-0.15, -0.1) is 0 Å². The van der Waals surface area contributed by atoms with Crippen LogP contribution in [-0.2, 0) is 0 Å². The predicted octanol–water partition coefficient (Wildman–Crippen LogP) is 3.67. The third kappa shape index (κ3) is 3.36. The molecule has 0 aliphatic rings. The van der Waals surface area contributed by atoms with Crippen molar-refractivity contribution in [2.75, 3.05) is 0 Å². The van der Waals surface area contributed by atoms with Crippen LogP contribution in [0.4, 0.5) is 0 Å². The maximum atomic E-state index is 11.9. The lowest BCUT2D eigenvalue weighted by atomic mass is 10.1. The Balaban J connectivity index is 1.79. The fourth-order valence-corrected chi connectivity index (χ4v) is 2.46. The number of aryl methyl sites for hydroxylation is 1. The maximum absolute atomic E-state index is 11.9. The molecule has 0 unspecified atom stereocenters. The van der Waals surface area contributed by atoms with E-state index < -0.39 is 0 Å². The molecule has 0 fully saturated rings. The molecule has 0 saturated carbocycles. The summed E-state index contributed by atoms with van der Waals surface area (Å²) in [6.07, 6.45) is 1.45. The Labute approximate surface area is 143 Å². The maximum Gasteiger partial charge on any atom is 0.271 e. The minimum Gasteiger partial charge on any atom is -0.508 e. The molecule has 6 heteroatoms. The third-order valence-electron chi connectivity index (χ3n) is 3.53. The van der Waals surface area contributed by atoms with Crippen LogP contribution >= 0.6 is 11.6 Å². The van der Waals surface area contributed by atoms with E-state index in [-0.39, 0.29) is 11.7 Å². The van der Waals surface area contributed by atoms with Crippen molar-refractivity contribution in [1.82, 2.24) is 10.4 Å². The Hall–Kier alpha value is -2.92. The highest BCUT2D eigenvalue weighted by atomic mass is 35.5. The standard InChI is InChI=1S/C18H14ClN3O2/c1-11-3-2-4-13-9-14(17(19)21-16(11)13)10-20-22-18(24)12-5-7-15(23)8-6-12/h2-10,23H,1H3,(H,22,24)/b20-10+. The molecule has 0 spiro atoms. The first-order valence-electron chi connectivity index (χ1n) is 7.23. The molecular formula is C18H14ClN3O2. The molecule has 3 aromatic rings. The molecule has 1 amide bonds. The number of aromatic nitrogens is 1. The Morgan fingerprint density at radius 1 is 1.25 bits per heavy atom. The second kappa shape index (κ2) is 6.68. The number of hydrazone groups is 1. The number of carbonyl (C=O) groups is 1. The van der Waals surface area contributed by atoms with Gasteiger partial charge in [-0.3, -0.25) is 4.79 Å². The molecule has 0 saturated heterocycles. The number of aromatic hydroxyl groups is 1. The topological polar surface area (TPSA) is 74.6 Å². The van der Waals surface area contributed by atoms with E-state index in [1.807, 2.05) is 31.2 Å². The number of hydrogen-bond acceptors (Lipinski definition) is 4. The van der Waals surface area contributed by atoms with Crippen molar-refractivity contribution in [3.05, 3.63) is 70.4 Å². The number of carbonyl (C=O) groups excluding carboxylic acids is 1. The van der Waals surface area contributed by atoms with E-state index in [0.717, 1.165) is 16.5 Å². The highest BCUT2D eigenvalue weighted by molar-refractivity contribution is 6.32. The molecule has 120 valence electrons. The number of para-hydroxylation sites is 1. The Kier molecular flexibility index (Phi) is 4.44. The van der Waals surface area contributed by atoms with Crippen LogP contribution < -0.4 is 5.43 Å². The monoisotopic (exact) mass is 339 g/mol. The van der Waals surface area contributed by atoms with Gasteiger partial charge < -0.3 is 5.11 Å². The highest BCUT2D eigenvalue weighted by Crippen LogP contribution is 2.21. The number of nitrogens with one attached hydrogen (secondary N) is 1. The van der Waals surface area contributed by atoms with Gasteiger partial charge in [-0.1, -0.05) is 29.8 Å². The van der Waals surface area contributed by atoms with E-state index in [9.17, 15) is 9.90 Å². The largest absolute Gasteiger partial charge is 0.508 e. The molecule has 5 nitrogen and oxygen atoms in total. The molecule has 1 heterocycles.